The number of aliphatic hydroxyl groups is 1. The third-order valence-corrected chi connectivity index (χ3v) is 5.10. The van der Waals surface area contributed by atoms with Crippen LogP contribution in [0.25, 0.3) is 0 Å². The maximum absolute atomic E-state index is 13.1. The first-order valence-electron chi connectivity index (χ1n) is 8.90. The monoisotopic (exact) mass is 347 g/mol. The molecule has 1 aliphatic heterocycles. The van der Waals surface area contributed by atoms with E-state index < -0.39 is 29.3 Å². The van der Waals surface area contributed by atoms with Crippen LogP contribution in [0, 0.1) is 5.41 Å². The van der Waals surface area contributed by atoms with Crippen LogP contribution in [0.3, 0.4) is 0 Å². The summed E-state index contributed by atoms with van der Waals surface area (Å²) in [4.78, 5) is 26.8. The third-order valence-electron chi connectivity index (χ3n) is 5.10. The molecule has 0 radical (unpaired) electrons. The highest BCUT2D eigenvalue weighted by atomic mass is 16.6. The zero-order valence-corrected chi connectivity index (χ0v) is 15.8. The van der Waals surface area contributed by atoms with Gasteiger partial charge in [0.05, 0.1) is 17.6 Å². The second kappa shape index (κ2) is 7.16. The zero-order chi connectivity index (χ0) is 18.8. The molecule has 0 unspecified atom stereocenters. The van der Waals surface area contributed by atoms with Gasteiger partial charge in [0.1, 0.15) is 5.60 Å². The van der Waals surface area contributed by atoms with E-state index in [0.717, 1.165) is 12.0 Å². The molecule has 0 aromatic heterocycles. The topological polar surface area (TPSA) is 66.8 Å². The van der Waals surface area contributed by atoms with Gasteiger partial charge in [-0.2, -0.15) is 0 Å². The fourth-order valence-corrected chi connectivity index (χ4v) is 3.27. The number of ether oxygens (including phenoxy) is 1. The molecular formula is C20H29NO4. The lowest BCUT2D eigenvalue weighted by Crippen LogP contribution is -2.53. The molecule has 2 atom stereocenters. The number of carbonyl (C=O) groups is 2. The Balaban J connectivity index is 2.32. The smallest absolute Gasteiger partial charge is 0.417 e. The van der Waals surface area contributed by atoms with Crippen molar-refractivity contribution in [2.75, 3.05) is 0 Å². The number of hydrogen-bond donors (Lipinski definition) is 1. The predicted molar refractivity (Wildman–Crippen MR) is 96.0 cm³/mol. The van der Waals surface area contributed by atoms with Crippen molar-refractivity contribution in [2.45, 2.75) is 71.6 Å². The molecular weight excluding hydrogens is 318 g/mol. The average molecular weight is 347 g/mol. The highest BCUT2D eigenvalue weighted by Crippen LogP contribution is 2.36. The van der Waals surface area contributed by atoms with Gasteiger partial charge in [0, 0.05) is 0 Å². The van der Waals surface area contributed by atoms with Crippen LogP contribution in [0.2, 0.25) is 0 Å². The average Bonchev–Trinajstić information content (AvgIpc) is 2.76. The quantitative estimate of drug-likeness (QED) is 0.855. The van der Waals surface area contributed by atoms with Crippen LogP contribution in [0.1, 0.15) is 53.0 Å². The van der Waals surface area contributed by atoms with Crippen molar-refractivity contribution < 1.29 is 19.4 Å². The van der Waals surface area contributed by atoms with Gasteiger partial charge in [0.25, 0.3) is 0 Å². The number of carbonyl (C=O) groups excluding carboxylic acids is 2. The van der Waals surface area contributed by atoms with Gasteiger partial charge in [-0.05, 0) is 46.1 Å². The Morgan fingerprint density at radius 1 is 1.32 bits per heavy atom. The van der Waals surface area contributed by atoms with Crippen LogP contribution in [0.5, 0.6) is 0 Å². The molecule has 0 aliphatic carbocycles. The second-order valence-electron chi connectivity index (χ2n) is 7.88. The van der Waals surface area contributed by atoms with Crippen LogP contribution in [0.15, 0.2) is 30.3 Å². The first kappa shape index (κ1) is 19.4. The summed E-state index contributed by atoms with van der Waals surface area (Å²) in [5, 5.41) is 10.4. The molecule has 1 N–H and O–H groups in total. The fraction of sp³-hybridized carbons (Fsp3) is 0.600. The first-order valence-corrected chi connectivity index (χ1v) is 8.90. The Morgan fingerprint density at radius 2 is 1.92 bits per heavy atom. The minimum atomic E-state index is -1.05. The Morgan fingerprint density at radius 3 is 2.48 bits per heavy atom. The SMILES string of the molecule is CCC[C@H](O)C(C)(C)C(=O)N1C(=O)OC(C)(C)[C@@H]1Cc1ccccc1. The van der Waals surface area contributed by atoms with Crippen LogP contribution in [0.4, 0.5) is 4.79 Å². The lowest BCUT2D eigenvalue weighted by atomic mass is 9.81. The zero-order valence-electron chi connectivity index (χ0n) is 15.8. The molecule has 25 heavy (non-hydrogen) atoms. The highest BCUT2D eigenvalue weighted by molar-refractivity contribution is 5.97. The second-order valence-corrected chi connectivity index (χ2v) is 7.88. The molecule has 1 saturated heterocycles. The fourth-order valence-electron chi connectivity index (χ4n) is 3.27. The molecule has 5 heteroatoms. The lowest BCUT2D eigenvalue weighted by Gasteiger charge is -2.35. The normalized spacial score (nSPS) is 21.1. The van der Waals surface area contributed by atoms with Gasteiger partial charge in [-0.1, -0.05) is 43.7 Å². The van der Waals surface area contributed by atoms with E-state index in [-0.39, 0.29) is 5.91 Å². The highest BCUT2D eigenvalue weighted by Gasteiger charge is 2.54. The Hall–Kier alpha value is -1.88. The van der Waals surface area contributed by atoms with Crippen molar-refractivity contribution in [1.29, 1.82) is 0 Å². The van der Waals surface area contributed by atoms with E-state index in [1.807, 2.05) is 51.1 Å². The van der Waals surface area contributed by atoms with E-state index >= 15 is 0 Å². The van der Waals surface area contributed by atoms with Crippen molar-refractivity contribution in [3.8, 4) is 0 Å². The van der Waals surface area contributed by atoms with Gasteiger partial charge < -0.3 is 9.84 Å². The molecule has 2 amide bonds. The van der Waals surface area contributed by atoms with Gasteiger partial charge in [-0.15, -0.1) is 0 Å². The van der Waals surface area contributed by atoms with E-state index in [9.17, 15) is 14.7 Å². The van der Waals surface area contributed by atoms with Gasteiger partial charge >= 0.3 is 6.09 Å². The van der Waals surface area contributed by atoms with Crippen molar-refractivity contribution in [3.63, 3.8) is 0 Å². The summed E-state index contributed by atoms with van der Waals surface area (Å²) in [6, 6.07) is 9.32. The van der Waals surface area contributed by atoms with Crippen LogP contribution < -0.4 is 0 Å². The molecule has 0 saturated carbocycles. The van der Waals surface area contributed by atoms with Crippen LogP contribution >= 0.6 is 0 Å². The number of aliphatic hydroxyl groups excluding tert-OH is 1. The molecule has 5 nitrogen and oxygen atoms in total. The van der Waals surface area contributed by atoms with Gasteiger partial charge in [0.2, 0.25) is 5.91 Å². The number of hydrogen-bond acceptors (Lipinski definition) is 4. The van der Waals surface area contributed by atoms with E-state index in [4.69, 9.17) is 4.74 Å². The number of cyclic esters (lactones) is 1. The van der Waals surface area contributed by atoms with Crippen molar-refractivity contribution in [3.05, 3.63) is 35.9 Å². The van der Waals surface area contributed by atoms with E-state index in [2.05, 4.69) is 0 Å². The van der Waals surface area contributed by atoms with Gasteiger partial charge in [-0.3, -0.25) is 4.79 Å². The molecule has 1 heterocycles. The molecule has 1 fully saturated rings. The van der Waals surface area contributed by atoms with Gasteiger partial charge in [0.15, 0.2) is 0 Å². The third kappa shape index (κ3) is 3.87. The summed E-state index contributed by atoms with van der Waals surface area (Å²) < 4.78 is 5.49. The number of amides is 2. The summed E-state index contributed by atoms with van der Waals surface area (Å²) in [6.07, 6.45) is 0.354. The number of imide groups is 1. The molecule has 0 bridgehead atoms. The minimum Gasteiger partial charge on any atom is -0.441 e. The number of nitrogens with zero attached hydrogens (tertiary/aromatic N) is 1. The van der Waals surface area contributed by atoms with Crippen molar-refractivity contribution >= 4 is 12.0 Å². The summed E-state index contributed by atoms with van der Waals surface area (Å²) in [5.41, 5.74) is -0.803. The van der Waals surface area contributed by atoms with Crippen LogP contribution in [-0.2, 0) is 16.0 Å². The van der Waals surface area contributed by atoms with Crippen molar-refractivity contribution in [2.24, 2.45) is 5.41 Å². The maximum Gasteiger partial charge on any atom is 0.417 e. The molecule has 1 aromatic rings. The summed E-state index contributed by atoms with van der Waals surface area (Å²) in [5.74, 6) is -0.384. The summed E-state index contributed by atoms with van der Waals surface area (Å²) in [6.45, 7) is 8.97. The molecule has 0 spiro atoms. The standard InChI is InChI=1S/C20H29NO4/c1-6-10-16(22)19(2,3)17(23)21-15(20(4,5)25-18(21)24)13-14-11-8-7-9-12-14/h7-9,11-12,15-16,22H,6,10,13H2,1-5H3/t15-,16-/m0/s1. The maximum atomic E-state index is 13.1. The van der Waals surface area contributed by atoms with E-state index in [1.54, 1.807) is 13.8 Å². The molecule has 1 aliphatic rings. The van der Waals surface area contributed by atoms with Crippen molar-refractivity contribution in [1.82, 2.24) is 4.90 Å². The Labute approximate surface area is 150 Å². The lowest BCUT2D eigenvalue weighted by molar-refractivity contribution is -0.145. The largest absolute Gasteiger partial charge is 0.441 e. The summed E-state index contributed by atoms with van der Waals surface area (Å²) in [7, 11) is 0. The molecule has 1 aromatic carbocycles. The van der Waals surface area contributed by atoms with Gasteiger partial charge in [-0.25, -0.2) is 9.69 Å². The molecule has 2 rings (SSSR count). The number of rotatable bonds is 6. The Bertz CT molecular complexity index is 624. The van der Waals surface area contributed by atoms with E-state index in [0.29, 0.717) is 12.8 Å². The van der Waals surface area contributed by atoms with Crippen LogP contribution in [-0.4, -0.2) is 39.8 Å². The minimum absolute atomic E-state index is 0.384. The molecule has 138 valence electrons. The number of benzene rings is 1. The Kier molecular flexibility index (Phi) is 5.57. The first-order chi connectivity index (χ1) is 11.6. The summed E-state index contributed by atoms with van der Waals surface area (Å²) >= 11 is 0. The predicted octanol–water partition coefficient (Wildman–Crippen LogP) is 3.54. The van der Waals surface area contributed by atoms with E-state index in [1.165, 1.54) is 4.90 Å².